The van der Waals surface area contributed by atoms with E-state index in [4.69, 9.17) is 4.74 Å². The number of carbonyl (C=O) groups is 1. The van der Waals surface area contributed by atoms with E-state index in [0.29, 0.717) is 12.0 Å². The number of carbonyl (C=O) groups excluding carboxylic acids is 1. The lowest BCUT2D eigenvalue weighted by molar-refractivity contribution is 0.163. The van der Waals surface area contributed by atoms with Crippen molar-refractivity contribution in [2.24, 2.45) is 0 Å². The highest BCUT2D eigenvalue weighted by Gasteiger charge is 2.24. The summed E-state index contributed by atoms with van der Waals surface area (Å²) in [5.41, 5.74) is -0.0195. The Hall–Kier alpha value is -1.82. The maximum absolute atomic E-state index is 13.5. The molecule has 0 aliphatic rings. The number of nitrogens with one attached hydrogen (secondary N) is 2. The van der Waals surface area contributed by atoms with E-state index < -0.39 is 17.4 Å². The molecule has 0 bridgehead atoms. The molecule has 3 N–H and O–H groups in total. The van der Waals surface area contributed by atoms with Crippen LogP contribution in [-0.2, 0) is 6.54 Å². The first kappa shape index (κ1) is 17.2. The van der Waals surface area contributed by atoms with Crippen molar-refractivity contribution in [2.45, 2.75) is 38.8 Å². The van der Waals surface area contributed by atoms with Crippen molar-refractivity contribution in [3.63, 3.8) is 0 Å². The first-order valence-electron chi connectivity index (χ1n) is 6.93. The average Bonchev–Trinajstić information content (AvgIpc) is 2.45. The molecule has 0 saturated carbocycles. The Balaban J connectivity index is 2.55. The summed E-state index contributed by atoms with van der Waals surface area (Å²) in [6.45, 7) is 3.82. The fourth-order valence-electron chi connectivity index (χ4n) is 2.05. The van der Waals surface area contributed by atoms with Crippen LogP contribution < -0.4 is 15.4 Å². The highest BCUT2D eigenvalue weighted by atomic mass is 19.1. The number of methoxy groups -OCH3 is 1. The van der Waals surface area contributed by atoms with E-state index >= 15 is 0 Å². The van der Waals surface area contributed by atoms with Gasteiger partial charge in [0.2, 0.25) is 0 Å². The quantitative estimate of drug-likeness (QED) is 0.722. The Labute approximate surface area is 124 Å². The first-order valence-corrected chi connectivity index (χ1v) is 6.93. The molecular formula is C15H23FN2O3. The summed E-state index contributed by atoms with van der Waals surface area (Å²) in [6, 6.07) is 4.12. The number of urea groups is 1. The molecule has 1 unspecified atom stereocenters. The second-order valence-electron chi connectivity index (χ2n) is 5.25. The summed E-state index contributed by atoms with van der Waals surface area (Å²) in [7, 11) is 1.40. The summed E-state index contributed by atoms with van der Waals surface area (Å²) in [5, 5.41) is 14.7. The minimum Gasteiger partial charge on any atom is -0.494 e. The van der Waals surface area contributed by atoms with Gasteiger partial charge in [0.05, 0.1) is 19.3 Å². The van der Waals surface area contributed by atoms with Crippen LogP contribution in [0.5, 0.6) is 5.75 Å². The highest BCUT2D eigenvalue weighted by Crippen LogP contribution is 2.17. The fourth-order valence-corrected chi connectivity index (χ4v) is 2.05. The number of hydrogen-bond acceptors (Lipinski definition) is 3. The van der Waals surface area contributed by atoms with Gasteiger partial charge in [0.15, 0.2) is 11.6 Å². The van der Waals surface area contributed by atoms with Crippen molar-refractivity contribution < 1.29 is 19.0 Å². The number of benzene rings is 1. The van der Waals surface area contributed by atoms with Crippen molar-refractivity contribution in [1.29, 1.82) is 0 Å². The number of rotatable bonds is 7. The van der Waals surface area contributed by atoms with Crippen LogP contribution in [0.3, 0.4) is 0 Å². The minimum absolute atomic E-state index is 0.134. The number of amides is 2. The fraction of sp³-hybridized carbons (Fsp3) is 0.533. The highest BCUT2D eigenvalue weighted by molar-refractivity contribution is 5.74. The molecule has 0 fully saturated rings. The SMILES string of the molecule is CCCC(C)(CO)NC(=O)NCc1ccc(OC)c(F)c1. The van der Waals surface area contributed by atoms with Crippen LogP contribution in [-0.4, -0.2) is 30.4 Å². The summed E-state index contributed by atoms with van der Waals surface area (Å²) in [5.74, 6) is -0.303. The molecule has 118 valence electrons. The van der Waals surface area contributed by atoms with Crippen LogP contribution in [0.4, 0.5) is 9.18 Å². The molecule has 21 heavy (non-hydrogen) atoms. The lowest BCUT2D eigenvalue weighted by Gasteiger charge is -2.28. The van der Waals surface area contributed by atoms with E-state index in [1.807, 2.05) is 6.92 Å². The van der Waals surface area contributed by atoms with Gasteiger partial charge in [0.1, 0.15) is 0 Å². The molecule has 0 heterocycles. The standard InChI is InChI=1S/C15H23FN2O3/c1-4-7-15(2,10-19)18-14(20)17-9-11-5-6-13(21-3)12(16)8-11/h5-6,8,19H,4,7,9-10H2,1-3H3,(H2,17,18,20). The van der Waals surface area contributed by atoms with Gasteiger partial charge in [-0.15, -0.1) is 0 Å². The third-order valence-electron chi connectivity index (χ3n) is 3.24. The Morgan fingerprint density at radius 1 is 1.48 bits per heavy atom. The number of hydrogen-bond donors (Lipinski definition) is 3. The van der Waals surface area contributed by atoms with E-state index in [1.54, 1.807) is 13.0 Å². The molecule has 0 spiro atoms. The van der Waals surface area contributed by atoms with E-state index in [-0.39, 0.29) is 18.9 Å². The smallest absolute Gasteiger partial charge is 0.315 e. The van der Waals surface area contributed by atoms with Crippen molar-refractivity contribution in [2.75, 3.05) is 13.7 Å². The van der Waals surface area contributed by atoms with Crippen LogP contribution in [0.15, 0.2) is 18.2 Å². The summed E-state index contributed by atoms with van der Waals surface area (Å²) in [6.07, 6.45) is 1.52. The number of aliphatic hydroxyl groups excluding tert-OH is 1. The molecule has 2 amide bonds. The van der Waals surface area contributed by atoms with Gasteiger partial charge in [-0.05, 0) is 31.0 Å². The van der Waals surface area contributed by atoms with E-state index in [9.17, 15) is 14.3 Å². The van der Waals surface area contributed by atoms with Crippen LogP contribution >= 0.6 is 0 Å². The van der Waals surface area contributed by atoms with Crippen molar-refractivity contribution in [1.82, 2.24) is 10.6 Å². The third kappa shape index (κ3) is 5.23. The zero-order valence-corrected chi connectivity index (χ0v) is 12.7. The van der Waals surface area contributed by atoms with Gasteiger partial charge in [0, 0.05) is 6.54 Å². The predicted octanol–water partition coefficient (Wildman–Crippen LogP) is 2.18. The molecule has 1 aromatic rings. The van der Waals surface area contributed by atoms with Crippen LogP contribution in [0, 0.1) is 5.82 Å². The largest absolute Gasteiger partial charge is 0.494 e. The minimum atomic E-state index is -0.649. The Kier molecular flexibility index (Phi) is 6.42. The molecule has 5 nitrogen and oxygen atoms in total. The van der Waals surface area contributed by atoms with Gasteiger partial charge in [-0.2, -0.15) is 0 Å². The summed E-state index contributed by atoms with van der Waals surface area (Å²) >= 11 is 0. The molecule has 0 aliphatic carbocycles. The second-order valence-corrected chi connectivity index (χ2v) is 5.25. The van der Waals surface area contributed by atoms with Crippen LogP contribution in [0.1, 0.15) is 32.3 Å². The predicted molar refractivity (Wildman–Crippen MR) is 78.7 cm³/mol. The zero-order chi connectivity index (χ0) is 15.9. The normalized spacial score (nSPS) is 13.4. The Morgan fingerprint density at radius 2 is 2.19 bits per heavy atom. The van der Waals surface area contributed by atoms with Gasteiger partial charge >= 0.3 is 6.03 Å². The average molecular weight is 298 g/mol. The molecule has 6 heteroatoms. The molecular weight excluding hydrogens is 275 g/mol. The molecule has 1 atom stereocenters. The van der Waals surface area contributed by atoms with E-state index in [2.05, 4.69) is 10.6 Å². The first-order chi connectivity index (χ1) is 9.94. The molecule has 0 radical (unpaired) electrons. The van der Waals surface area contributed by atoms with Crippen molar-refractivity contribution in [3.8, 4) is 5.75 Å². The van der Waals surface area contributed by atoms with Gasteiger partial charge in [-0.25, -0.2) is 9.18 Å². The number of halogens is 1. The summed E-state index contributed by atoms with van der Waals surface area (Å²) in [4.78, 5) is 11.8. The monoisotopic (exact) mass is 298 g/mol. The Morgan fingerprint density at radius 3 is 2.71 bits per heavy atom. The maximum atomic E-state index is 13.5. The van der Waals surface area contributed by atoms with Gasteiger partial charge < -0.3 is 20.5 Å². The molecule has 0 saturated heterocycles. The molecule has 1 rings (SSSR count). The summed E-state index contributed by atoms with van der Waals surface area (Å²) < 4.78 is 18.3. The molecule has 0 aliphatic heterocycles. The lowest BCUT2D eigenvalue weighted by atomic mass is 9.98. The second kappa shape index (κ2) is 7.83. The van der Waals surface area contributed by atoms with Crippen molar-refractivity contribution in [3.05, 3.63) is 29.6 Å². The number of ether oxygens (including phenoxy) is 1. The van der Waals surface area contributed by atoms with Crippen LogP contribution in [0.2, 0.25) is 0 Å². The van der Waals surface area contributed by atoms with E-state index in [1.165, 1.54) is 19.2 Å². The van der Waals surface area contributed by atoms with Crippen molar-refractivity contribution >= 4 is 6.03 Å². The lowest BCUT2D eigenvalue weighted by Crippen LogP contribution is -2.52. The van der Waals surface area contributed by atoms with Gasteiger partial charge in [-0.3, -0.25) is 0 Å². The molecule has 0 aromatic heterocycles. The maximum Gasteiger partial charge on any atom is 0.315 e. The van der Waals surface area contributed by atoms with Gasteiger partial charge in [-0.1, -0.05) is 19.4 Å². The number of aliphatic hydroxyl groups is 1. The third-order valence-corrected chi connectivity index (χ3v) is 3.24. The molecule has 1 aromatic carbocycles. The topological polar surface area (TPSA) is 70.6 Å². The Bertz CT molecular complexity index is 482. The van der Waals surface area contributed by atoms with Gasteiger partial charge in [0.25, 0.3) is 0 Å². The van der Waals surface area contributed by atoms with E-state index in [0.717, 1.165) is 6.42 Å². The van der Waals surface area contributed by atoms with Crippen LogP contribution in [0.25, 0.3) is 0 Å². The zero-order valence-electron chi connectivity index (χ0n) is 12.7.